The Bertz CT molecular complexity index is 1520. The van der Waals surface area contributed by atoms with Crippen LogP contribution in [-0.4, -0.2) is 70.7 Å². The molecule has 4 atom stereocenters. The summed E-state index contributed by atoms with van der Waals surface area (Å²) in [6.07, 6.45) is 18.5. The number of aromatic hydroxyl groups is 2. The molecule has 4 N–H and O–H groups in total. The number of hydrogen-bond acceptors (Lipinski definition) is 8. The van der Waals surface area contributed by atoms with Gasteiger partial charge in [0.1, 0.15) is 18.1 Å². The Morgan fingerprint density at radius 1 is 0.732 bits per heavy atom. The number of carboxylic acids is 1. The van der Waals surface area contributed by atoms with E-state index in [9.17, 15) is 10.2 Å². The van der Waals surface area contributed by atoms with E-state index >= 15 is 0 Å². The second-order valence-electron chi connectivity index (χ2n) is 18.1. The number of phenols is 2. The topological polar surface area (TPSA) is 141 Å². The number of aliphatic carboxylic acids is 1. The number of carboxylic acid groups (broad SMARTS) is 1. The van der Waals surface area contributed by atoms with E-state index in [2.05, 4.69) is 79.7 Å². The predicted molar refractivity (Wildman–Crippen MR) is 222 cm³/mol. The molecule has 9 nitrogen and oxygen atoms in total. The summed E-state index contributed by atoms with van der Waals surface area (Å²) >= 11 is 0. The van der Waals surface area contributed by atoms with Gasteiger partial charge in [0, 0.05) is 64.7 Å². The molecule has 56 heavy (non-hydrogen) atoms. The molecule has 0 spiro atoms. The number of aliphatic hydroxyl groups excluding tert-OH is 1. The van der Waals surface area contributed by atoms with E-state index in [1.54, 1.807) is 0 Å². The summed E-state index contributed by atoms with van der Waals surface area (Å²) in [5.41, 5.74) is 4.68. The smallest absolute Gasteiger partial charge is 0.329 e. The molecule has 3 aliphatic rings. The van der Waals surface area contributed by atoms with E-state index in [0.717, 1.165) is 125 Å². The normalized spacial score (nSPS) is 24.3. The van der Waals surface area contributed by atoms with Crippen LogP contribution in [-0.2, 0) is 53.1 Å². The first-order valence-electron chi connectivity index (χ1n) is 20.9. The van der Waals surface area contributed by atoms with Gasteiger partial charge in [0.2, 0.25) is 0 Å². The van der Waals surface area contributed by atoms with Crippen molar-refractivity contribution in [1.82, 2.24) is 0 Å². The fourth-order valence-electron chi connectivity index (χ4n) is 8.43. The van der Waals surface area contributed by atoms with Crippen molar-refractivity contribution in [2.45, 2.75) is 179 Å². The number of phenolic OH excluding ortho intramolecular Hbond substituents is 2. The maximum atomic E-state index is 11.6. The minimum Gasteiger partial charge on any atom is -0.507 e. The van der Waals surface area contributed by atoms with Crippen LogP contribution in [0.25, 0.3) is 0 Å². The van der Waals surface area contributed by atoms with E-state index in [1.807, 2.05) is 12.4 Å². The SMILES string of the molecule is CCCCC1(c2cc(C=NC3CCCCC3N=Cc3cc(C4(CCCC)CCCO4)cc(C(C)(C)C)c3O)c(O)c(C(C)(C)C)c2)CCCO1.O=C(O)CO.[Co]. The molecule has 2 saturated heterocycles. The molecule has 1 aliphatic carbocycles. The molecular weight excluding hydrogens is 751 g/mol. The first-order valence-corrected chi connectivity index (χ1v) is 20.9. The van der Waals surface area contributed by atoms with Gasteiger partial charge in [-0.2, -0.15) is 0 Å². The van der Waals surface area contributed by atoms with E-state index in [1.165, 1.54) is 11.1 Å². The summed E-state index contributed by atoms with van der Waals surface area (Å²) in [6, 6.07) is 8.65. The summed E-state index contributed by atoms with van der Waals surface area (Å²) in [7, 11) is 0. The first kappa shape index (κ1) is 47.6. The largest absolute Gasteiger partial charge is 0.507 e. The van der Waals surface area contributed by atoms with Crippen LogP contribution in [0.5, 0.6) is 11.5 Å². The third kappa shape index (κ3) is 11.9. The van der Waals surface area contributed by atoms with Crippen LogP contribution in [0.2, 0.25) is 0 Å². The zero-order valence-corrected chi connectivity index (χ0v) is 36.4. The third-order valence-electron chi connectivity index (χ3n) is 11.7. The van der Waals surface area contributed by atoms with Crippen LogP contribution in [0.4, 0.5) is 0 Å². The van der Waals surface area contributed by atoms with Crippen molar-refractivity contribution >= 4 is 18.4 Å². The van der Waals surface area contributed by atoms with Crippen LogP contribution in [0, 0.1) is 0 Å². The van der Waals surface area contributed by atoms with Crippen LogP contribution >= 0.6 is 0 Å². The average molecular weight is 822 g/mol. The number of nitrogens with zero attached hydrogens (tertiary/aromatic N) is 2. The summed E-state index contributed by atoms with van der Waals surface area (Å²) in [4.78, 5) is 19.5. The molecule has 315 valence electrons. The Balaban J connectivity index is 0.00000132. The number of ether oxygens (including phenoxy) is 2. The minimum absolute atomic E-state index is 0. The van der Waals surface area contributed by atoms with E-state index in [4.69, 9.17) is 34.5 Å². The van der Waals surface area contributed by atoms with Gasteiger partial charge in [-0.25, -0.2) is 4.79 Å². The Morgan fingerprint density at radius 2 is 1.11 bits per heavy atom. The van der Waals surface area contributed by atoms with Gasteiger partial charge in [0.05, 0.1) is 23.3 Å². The molecule has 2 heterocycles. The van der Waals surface area contributed by atoms with Crippen LogP contribution < -0.4 is 0 Å². The molecule has 0 bridgehead atoms. The van der Waals surface area contributed by atoms with Gasteiger partial charge in [-0.3, -0.25) is 9.98 Å². The van der Waals surface area contributed by atoms with Crippen molar-refractivity contribution in [3.63, 3.8) is 0 Å². The van der Waals surface area contributed by atoms with Crippen molar-refractivity contribution in [3.05, 3.63) is 57.6 Å². The first-order chi connectivity index (χ1) is 26.0. The molecule has 2 aromatic rings. The number of benzene rings is 2. The Labute approximate surface area is 347 Å². The molecule has 4 unspecified atom stereocenters. The van der Waals surface area contributed by atoms with Gasteiger partial charge < -0.3 is 29.9 Å². The molecular formula is C46H70CoN2O7. The zero-order valence-electron chi connectivity index (χ0n) is 35.4. The molecule has 3 fully saturated rings. The number of aliphatic hydroxyl groups is 1. The maximum absolute atomic E-state index is 11.6. The van der Waals surface area contributed by atoms with E-state index in [0.29, 0.717) is 11.5 Å². The number of carbonyl (C=O) groups is 1. The summed E-state index contributed by atoms with van der Waals surface area (Å²) in [5, 5.41) is 38.2. The third-order valence-corrected chi connectivity index (χ3v) is 11.7. The predicted octanol–water partition coefficient (Wildman–Crippen LogP) is 9.99. The Kier molecular flexibility index (Phi) is 17.7. The molecule has 0 amide bonds. The number of rotatable bonds is 13. The molecule has 2 aromatic carbocycles. The molecule has 1 saturated carbocycles. The Morgan fingerprint density at radius 3 is 1.39 bits per heavy atom. The fraction of sp³-hybridized carbons (Fsp3) is 0.674. The van der Waals surface area contributed by atoms with Gasteiger partial charge in [0.15, 0.2) is 0 Å². The van der Waals surface area contributed by atoms with Crippen molar-refractivity contribution < 1.29 is 51.5 Å². The monoisotopic (exact) mass is 821 g/mol. The Hall–Kier alpha value is -2.76. The van der Waals surface area contributed by atoms with Crippen molar-refractivity contribution in [1.29, 1.82) is 0 Å². The summed E-state index contributed by atoms with van der Waals surface area (Å²) in [5.74, 6) is -0.566. The fourth-order valence-corrected chi connectivity index (χ4v) is 8.43. The second-order valence-corrected chi connectivity index (χ2v) is 18.1. The van der Waals surface area contributed by atoms with Crippen molar-refractivity contribution in [2.75, 3.05) is 19.8 Å². The molecule has 5 rings (SSSR count). The quantitative estimate of drug-likeness (QED) is 0.148. The van der Waals surface area contributed by atoms with Gasteiger partial charge in [-0.05, 0) is 97.6 Å². The number of aliphatic imine (C=N–C) groups is 2. The molecule has 0 aromatic heterocycles. The molecule has 1 radical (unpaired) electrons. The minimum atomic E-state index is -1.19. The summed E-state index contributed by atoms with van der Waals surface area (Å²) < 4.78 is 13.0. The number of hydrogen-bond donors (Lipinski definition) is 4. The van der Waals surface area contributed by atoms with Gasteiger partial charge >= 0.3 is 5.97 Å². The standard InChI is InChI=1S/C44H66N2O4.C2H4O3.Co/c1-9-11-19-43(21-15-23-49-43)33-25-31(39(47)35(27-33)41(3,4)5)29-45-37-17-13-14-18-38(37)46-30-32-26-34(28-36(40(32)48)42(6,7)8)44(20-12-10-2)22-16-24-50-44;3-1-2(4)5;/h25-30,37-38,47-48H,9-24H2,1-8H3;3H,1H2,(H,4,5);. The van der Waals surface area contributed by atoms with Crippen molar-refractivity contribution in [2.24, 2.45) is 9.98 Å². The van der Waals surface area contributed by atoms with Crippen LogP contribution in [0.3, 0.4) is 0 Å². The van der Waals surface area contributed by atoms with Gasteiger partial charge in [-0.1, -0.05) is 93.9 Å². The average Bonchev–Trinajstić information content (AvgIpc) is 3.83. The van der Waals surface area contributed by atoms with E-state index in [-0.39, 0.29) is 50.9 Å². The molecule has 2 aliphatic heterocycles. The molecule has 10 heteroatoms. The van der Waals surface area contributed by atoms with Gasteiger partial charge in [-0.15, -0.1) is 0 Å². The van der Waals surface area contributed by atoms with Crippen LogP contribution in [0.15, 0.2) is 34.3 Å². The van der Waals surface area contributed by atoms with Crippen LogP contribution in [0.1, 0.15) is 179 Å². The van der Waals surface area contributed by atoms with Crippen molar-refractivity contribution in [3.8, 4) is 11.5 Å². The maximum Gasteiger partial charge on any atom is 0.329 e. The number of unbranched alkanes of at least 4 members (excludes halogenated alkanes) is 2. The van der Waals surface area contributed by atoms with E-state index < -0.39 is 12.6 Å². The van der Waals surface area contributed by atoms with Gasteiger partial charge in [0.25, 0.3) is 0 Å². The summed E-state index contributed by atoms with van der Waals surface area (Å²) in [6.45, 7) is 18.2. The second kappa shape index (κ2) is 20.8. The zero-order chi connectivity index (χ0) is 40.4.